The van der Waals surface area contributed by atoms with E-state index >= 15 is 0 Å². The summed E-state index contributed by atoms with van der Waals surface area (Å²) in [6.45, 7) is 1.26. The van der Waals surface area contributed by atoms with E-state index in [2.05, 4.69) is 26.2 Å². The summed E-state index contributed by atoms with van der Waals surface area (Å²) in [6.07, 6.45) is 7.16. The minimum atomic E-state index is -0.0477. The third-order valence-electron chi connectivity index (χ3n) is 3.87. The number of halogens is 1. The van der Waals surface area contributed by atoms with Gasteiger partial charge in [0, 0.05) is 34.7 Å². The number of hydrogen-bond donors (Lipinski definition) is 1. The first-order valence-electron chi connectivity index (χ1n) is 8.47. The zero-order valence-corrected chi connectivity index (χ0v) is 15.9. The van der Waals surface area contributed by atoms with Crippen molar-refractivity contribution in [2.45, 2.75) is 12.8 Å². The third kappa shape index (κ3) is 5.20. The molecule has 0 saturated heterocycles. The first-order chi connectivity index (χ1) is 12.7. The van der Waals surface area contributed by atoms with Crippen LogP contribution in [0.15, 0.2) is 71.7 Å². The van der Waals surface area contributed by atoms with Crippen LogP contribution in [0, 0.1) is 0 Å². The highest BCUT2D eigenvalue weighted by Gasteiger charge is 2.04. The van der Waals surface area contributed by atoms with Gasteiger partial charge in [0.1, 0.15) is 5.75 Å². The van der Waals surface area contributed by atoms with Crippen molar-refractivity contribution in [2.75, 3.05) is 13.2 Å². The summed E-state index contributed by atoms with van der Waals surface area (Å²) >= 11 is 3.36. The molecule has 1 aromatic heterocycles. The van der Waals surface area contributed by atoms with Crippen LogP contribution >= 0.6 is 15.9 Å². The molecule has 3 aromatic rings. The quantitative estimate of drug-likeness (QED) is 0.562. The Morgan fingerprint density at radius 1 is 1.08 bits per heavy atom. The van der Waals surface area contributed by atoms with Crippen LogP contribution in [-0.2, 0) is 0 Å². The molecule has 0 aliphatic heterocycles. The molecule has 26 heavy (non-hydrogen) atoms. The fourth-order valence-electron chi connectivity index (χ4n) is 2.45. The molecule has 0 atom stereocenters. The highest BCUT2D eigenvalue weighted by molar-refractivity contribution is 9.10. The maximum Gasteiger partial charge on any atom is 0.251 e. The Labute approximate surface area is 161 Å². The van der Waals surface area contributed by atoms with Crippen LogP contribution in [0.2, 0.25) is 0 Å². The van der Waals surface area contributed by atoms with Crippen molar-refractivity contribution >= 4 is 21.8 Å². The summed E-state index contributed by atoms with van der Waals surface area (Å²) in [5.74, 6) is 0.793. The van der Waals surface area contributed by atoms with Gasteiger partial charge in [-0.3, -0.25) is 4.79 Å². The molecule has 0 radical (unpaired) electrons. The number of carbonyl (C=O) groups is 1. The van der Waals surface area contributed by atoms with E-state index in [1.807, 2.05) is 47.2 Å². The molecule has 2 aromatic carbocycles. The van der Waals surface area contributed by atoms with Crippen LogP contribution in [0.3, 0.4) is 0 Å². The number of nitrogens with one attached hydrogen (secondary N) is 1. The van der Waals surface area contributed by atoms with Crippen molar-refractivity contribution in [1.82, 2.24) is 14.9 Å². The number of amides is 1. The van der Waals surface area contributed by atoms with Gasteiger partial charge in [0.15, 0.2) is 0 Å². The first kappa shape index (κ1) is 18.2. The van der Waals surface area contributed by atoms with Gasteiger partial charge in [-0.05, 0) is 61.4 Å². The van der Waals surface area contributed by atoms with E-state index in [1.54, 1.807) is 24.7 Å². The Morgan fingerprint density at radius 3 is 2.54 bits per heavy atom. The number of aromatic nitrogens is 2. The number of imidazole rings is 1. The molecule has 3 rings (SSSR count). The second-order valence-electron chi connectivity index (χ2n) is 5.78. The van der Waals surface area contributed by atoms with Gasteiger partial charge in [0.2, 0.25) is 0 Å². The minimum Gasteiger partial charge on any atom is -0.494 e. The van der Waals surface area contributed by atoms with E-state index in [9.17, 15) is 4.79 Å². The van der Waals surface area contributed by atoms with Gasteiger partial charge >= 0.3 is 0 Å². The predicted octanol–water partition coefficient (Wildman–Crippen LogP) is 4.22. The van der Waals surface area contributed by atoms with Crippen molar-refractivity contribution in [3.63, 3.8) is 0 Å². The second kappa shape index (κ2) is 9.20. The SMILES string of the molecule is O=C(NCCCCOc1ccc(-n2ccnc2)cc1)c1ccc(Br)cc1. The molecule has 0 saturated carbocycles. The van der Waals surface area contributed by atoms with Gasteiger partial charge in [-0.25, -0.2) is 4.98 Å². The number of hydrogen-bond acceptors (Lipinski definition) is 3. The van der Waals surface area contributed by atoms with Gasteiger partial charge in [-0.15, -0.1) is 0 Å². The van der Waals surface area contributed by atoms with Crippen molar-refractivity contribution in [3.8, 4) is 11.4 Å². The fourth-order valence-corrected chi connectivity index (χ4v) is 2.71. The Balaban J connectivity index is 1.33. The molecule has 6 heteroatoms. The predicted molar refractivity (Wildman–Crippen MR) is 105 cm³/mol. The summed E-state index contributed by atoms with van der Waals surface area (Å²) in [4.78, 5) is 16.0. The molecule has 1 N–H and O–H groups in total. The summed E-state index contributed by atoms with van der Waals surface area (Å²) in [5.41, 5.74) is 1.72. The van der Waals surface area contributed by atoms with E-state index in [1.165, 1.54) is 0 Å². The topological polar surface area (TPSA) is 56.1 Å². The van der Waals surface area contributed by atoms with Gasteiger partial charge in [0.25, 0.3) is 5.91 Å². The van der Waals surface area contributed by atoms with Gasteiger partial charge < -0.3 is 14.6 Å². The molecule has 0 aliphatic rings. The standard InChI is InChI=1S/C20H20BrN3O2/c21-17-5-3-16(4-6-17)20(25)23-11-1-2-14-26-19-9-7-18(8-10-19)24-13-12-22-15-24/h3-10,12-13,15H,1-2,11,14H2,(H,23,25). The number of rotatable bonds is 8. The van der Waals surface area contributed by atoms with Crippen LogP contribution in [0.4, 0.5) is 0 Å². The normalized spacial score (nSPS) is 10.5. The number of unbranched alkanes of at least 4 members (excludes halogenated alkanes) is 1. The Hall–Kier alpha value is -2.60. The van der Waals surface area contributed by atoms with Crippen LogP contribution in [0.5, 0.6) is 5.75 Å². The largest absolute Gasteiger partial charge is 0.494 e. The Bertz CT molecular complexity index is 815. The van der Waals surface area contributed by atoms with Crippen LogP contribution in [0.1, 0.15) is 23.2 Å². The summed E-state index contributed by atoms with van der Waals surface area (Å²) in [6, 6.07) is 15.2. The summed E-state index contributed by atoms with van der Waals surface area (Å²) in [7, 11) is 0. The van der Waals surface area contributed by atoms with Crippen LogP contribution < -0.4 is 10.1 Å². The highest BCUT2D eigenvalue weighted by Crippen LogP contribution is 2.15. The van der Waals surface area contributed by atoms with Gasteiger partial charge in [-0.1, -0.05) is 15.9 Å². The highest BCUT2D eigenvalue weighted by atomic mass is 79.9. The molecule has 134 valence electrons. The molecule has 5 nitrogen and oxygen atoms in total. The molecular formula is C20H20BrN3O2. The molecular weight excluding hydrogens is 394 g/mol. The van der Waals surface area contributed by atoms with E-state index in [0.717, 1.165) is 28.8 Å². The van der Waals surface area contributed by atoms with Gasteiger partial charge in [0.05, 0.1) is 12.9 Å². The number of carbonyl (C=O) groups excluding carboxylic acids is 1. The van der Waals surface area contributed by atoms with E-state index in [0.29, 0.717) is 18.7 Å². The monoisotopic (exact) mass is 413 g/mol. The number of ether oxygens (including phenoxy) is 1. The summed E-state index contributed by atoms with van der Waals surface area (Å²) in [5, 5.41) is 2.92. The molecule has 0 spiro atoms. The zero-order valence-electron chi connectivity index (χ0n) is 14.3. The maximum atomic E-state index is 12.0. The summed E-state index contributed by atoms with van der Waals surface area (Å²) < 4.78 is 8.65. The zero-order chi connectivity index (χ0) is 18.2. The lowest BCUT2D eigenvalue weighted by molar-refractivity contribution is 0.0952. The van der Waals surface area contributed by atoms with Crippen molar-refractivity contribution in [3.05, 3.63) is 77.3 Å². The Kier molecular flexibility index (Phi) is 6.44. The lowest BCUT2D eigenvalue weighted by atomic mass is 10.2. The first-order valence-corrected chi connectivity index (χ1v) is 9.26. The molecule has 1 amide bonds. The molecule has 1 heterocycles. The lowest BCUT2D eigenvalue weighted by Gasteiger charge is -2.08. The van der Waals surface area contributed by atoms with Crippen molar-refractivity contribution in [1.29, 1.82) is 0 Å². The van der Waals surface area contributed by atoms with Crippen molar-refractivity contribution in [2.24, 2.45) is 0 Å². The van der Waals surface area contributed by atoms with Crippen LogP contribution in [-0.4, -0.2) is 28.6 Å². The molecule has 0 bridgehead atoms. The van der Waals surface area contributed by atoms with E-state index in [-0.39, 0.29) is 5.91 Å². The van der Waals surface area contributed by atoms with Crippen LogP contribution in [0.25, 0.3) is 5.69 Å². The Morgan fingerprint density at radius 2 is 1.85 bits per heavy atom. The van der Waals surface area contributed by atoms with E-state index < -0.39 is 0 Å². The lowest BCUT2D eigenvalue weighted by Crippen LogP contribution is -2.24. The number of nitrogens with zero attached hydrogens (tertiary/aromatic N) is 2. The molecule has 0 fully saturated rings. The molecule has 0 unspecified atom stereocenters. The average molecular weight is 414 g/mol. The van der Waals surface area contributed by atoms with Crippen molar-refractivity contribution < 1.29 is 9.53 Å². The molecule has 0 aliphatic carbocycles. The minimum absolute atomic E-state index is 0.0477. The number of benzene rings is 2. The second-order valence-corrected chi connectivity index (χ2v) is 6.70. The average Bonchev–Trinajstić information content (AvgIpc) is 3.20. The third-order valence-corrected chi connectivity index (χ3v) is 4.40. The fraction of sp³-hybridized carbons (Fsp3) is 0.200. The van der Waals surface area contributed by atoms with Gasteiger partial charge in [-0.2, -0.15) is 0 Å². The maximum absolute atomic E-state index is 12.0. The smallest absolute Gasteiger partial charge is 0.251 e. The van der Waals surface area contributed by atoms with E-state index in [4.69, 9.17) is 4.74 Å².